The zero-order valence-corrected chi connectivity index (χ0v) is 16.1. The normalized spacial score (nSPS) is 16.0. The average molecular weight is 390 g/mol. The van der Waals surface area contributed by atoms with E-state index in [1.54, 1.807) is 41.0 Å². The number of likely N-dealkylation sites (tertiary alicyclic amines) is 1. The van der Waals surface area contributed by atoms with Crippen molar-refractivity contribution in [1.82, 2.24) is 14.7 Å². The smallest absolute Gasteiger partial charge is 0.254 e. The summed E-state index contributed by atoms with van der Waals surface area (Å²) in [5.74, 6) is 0.473. The van der Waals surface area contributed by atoms with Crippen molar-refractivity contribution in [2.45, 2.75) is 6.42 Å². The molecule has 1 saturated heterocycles. The van der Waals surface area contributed by atoms with E-state index in [1.165, 1.54) is 6.20 Å². The van der Waals surface area contributed by atoms with Crippen LogP contribution in [0.5, 0.6) is 5.75 Å². The van der Waals surface area contributed by atoms with Gasteiger partial charge in [-0.3, -0.25) is 9.59 Å². The van der Waals surface area contributed by atoms with E-state index in [4.69, 9.17) is 10.5 Å². The Morgan fingerprint density at radius 1 is 1.14 bits per heavy atom. The van der Waals surface area contributed by atoms with Crippen molar-refractivity contribution < 1.29 is 14.3 Å². The third kappa shape index (κ3) is 3.59. The van der Waals surface area contributed by atoms with Crippen LogP contribution in [0.3, 0.4) is 0 Å². The van der Waals surface area contributed by atoms with Gasteiger partial charge in [0.25, 0.3) is 5.91 Å². The molecule has 1 fully saturated rings. The first-order valence-corrected chi connectivity index (χ1v) is 9.45. The van der Waals surface area contributed by atoms with E-state index < -0.39 is 0 Å². The summed E-state index contributed by atoms with van der Waals surface area (Å²) < 4.78 is 6.75. The molecule has 7 nitrogen and oxygen atoms in total. The minimum Gasteiger partial charge on any atom is -0.497 e. The fraction of sp³-hybridized carbons (Fsp3) is 0.227. The zero-order chi connectivity index (χ0) is 20.4. The monoisotopic (exact) mass is 390 g/mol. The highest BCUT2D eigenvalue weighted by Crippen LogP contribution is 2.26. The lowest BCUT2D eigenvalue weighted by Gasteiger charge is -2.16. The Morgan fingerprint density at radius 2 is 1.93 bits per heavy atom. The van der Waals surface area contributed by atoms with Crippen LogP contribution < -0.4 is 10.5 Å². The lowest BCUT2D eigenvalue weighted by Crippen LogP contribution is -2.30. The number of carbonyl (C=O) groups is 2. The number of methoxy groups -OCH3 is 1. The first kappa shape index (κ1) is 18.7. The molecule has 0 bridgehead atoms. The summed E-state index contributed by atoms with van der Waals surface area (Å²) in [5.41, 5.74) is 7.95. The van der Waals surface area contributed by atoms with Crippen molar-refractivity contribution in [1.29, 1.82) is 0 Å². The average Bonchev–Trinajstić information content (AvgIpc) is 3.40. The van der Waals surface area contributed by atoms with E-state index in [-0.39, 0.29) is 17.6 Å². The Bertz CT molecular complexity index is 1050. The first-order valence-electron chi connectivity index (χ1n) is 9.45. The van der Waals surface area contributed by atoms with Crippen LogP contribution in [0, 0.1) is 5.92 Å². The number of aromatic nitrogens is 2. The third-order valence-corrected chi connectivity index (χ3v) is 5.24. The lowest BCUT2D eigenvalue weighted by molar-refractivity contribution is 0.0780. The van der Waals surface area contributed by atoms with Crippen LogP contribution >= 0.6 is 0 Å². The fourth-order valence-corrected chi connectivity index (χ4v) is 3.64. The molecule has 7 heteroatoms. The summed E-state index contributed by atoms with van der Waals surface area (Å²) in [6, 6.07) is 16.5. The number of ether oxygens (including phenoxy) is 1. The largest absolute Gasteiger partial charge is 0.497 e. The maximum absolute atomic E-state index is 13.0. The van der Waals surface area contributed by atoms with Crippen molar-refractivity contribution >= 4 is 17.5 Å². The van der Waals surface area contributed by atoms with Gasteiger partial charge in [0.05, 0.1) is 24.6 Å². The number of anilines is 1. The molecule has 148 valence electrons. The number of hydrogen-bond acceptors (Lipinski definition) is 5. The van der Waals surface area contributed by atoms with Crippen molar-refractivity contribution in [3.05, 3.63) is 71.9 Å². The number of Topliss-reactive ketones (excluding diaryl/α,β-unsaturated/α-hetero) is 1. The van der Waals surface area contributed by atoms with Gasteiger partial charge in [0.1, 0.15) is 11.6 Å². The van der Waals surface area contributed by atoms with Gasteiger partial charge >= 0.3 is 0 Å². The van der Waals surface area contributed by atoms with Crippen LogP contribution in [-0.4, -0.2) is 46.6 Å². The molecule has 0 unspecified atom stereocenters. The van der Waals surface area contributed by atoms with E-state index in [2.05, 4.69) is 5.10 Å². The Labute approximate surface area is 168 Å². The van der Waals surface area contributed by atoms with Gasteiger partial charge < -0.3 is 15.4 Å². The number of nitrogen functional groups attached to an aromatic ring is 1. The lowest BCUT2D eigenvalue weighted by atomic mass is 9.98. The predicted octanol–water partition coefficient (Wildman–Crippen LogP) is 2.81. The molecule has 1 amide bonds. The van der Waals surface area contributed by atoms with Gasteiger partial charge in [0, 0.05) is 24.6 Å². The number of ketones is 1. The molecule has 0 radical (unpaired) electrons. The highest BCUT2D eigenvalue weighted by Gasteiger charge is 2.33. The predicted molar refractivity (Wildman–Crippen MR) is 109 cm³/mol. The highest BCUT2D eigenvalue weighted by atomic mass is 16.5. The van der Waals surface area contributed by atoms with Crippen LogP contribution in [0.15, 0.2) is 60.8 Å². The zero-order valence-electron chi connectivity index (χ0n) is 16.1. The molecule has 29 heavy (non-hydrogen) atoms. The summed E-state index contributed by atoms with van der Waals surface area (Å²) >= 11 is 0. The summed E-state index contributed by atoms with van der Waals surface area (Å²) in [4.78, 5) is 27.5. The molecule has 0 spiro atoms. The van der Waals surface area contributed by atoms with Gasteiger partial charge in [0.2, 0.25) is 0 Å². The molecule has 2 N–H and O–H groups in total. The van der Waals surface area contributed by atoms with Crippen LogP contribution in [0.2, 0.25) is 0 Å². The summed E-state index contributed by atoms with van der Waals surface area (Å²) in [6.45, 7) is 0.893. The Balaban J connectivity index is 1.49. The Kier molecular flexibility index (Phi) is 5.03. The molecule has 4 rings (SSSR count). The molecule has 2 heterocycles. The Hall–Kier alpha value is -3.61. The highest BCUT2D eigenvalue weighted by molar-refractivity contribution is 6.03. The SMILES string of the molecule is COc1cccc(C(=O)N2CC[C@@H](C(=O)c3cnn(-c4ccccc4)c3N)C2)c1. The summed E-state index contributed by atoms with van der Waals surface area (Å²) in [5, 5.41) is 4.28. The van der Waals surface area contributed by atoms with E-state index in [0.29, 0.717) is 42.2 Å². The summed E-state index contributed by atoms with van der Waals surface area (Å²) in [7, 11) is 1.56. The first-order chi connectivity index (χ1) is 14.1. The van der Waals surface area contributed by atoms with Crippen LogP contribution in [0.1, 0.15) is 27.1 Å². The number of amides is 1. The number of nitrogens with zero attached hydrogens (tertiary/aromatic N) is 3. The van der Waals surface area contributed by atoms with E-state index in [9.17, 15) is 9.59 Å². The van der Waals surface area contributed by atoms with Gasteiger partial charge in [-0.1, -0.05) is 24.3 Å². The van der Waals surface area contributed by atoms with Gasteiger partial charge in [-0.2, -0.15) is 5.10 Å². The summed E-state index contributed by atoms with van der Waals surface area (Å²) in [6.07, 6.45) is 2.11. The van der Waals surface area contributed by atoms with Crippen LogP contribution in [0.4, 0.5) is 5.82 Å². The number of nitrogens with two attached hydrogens (primary N) is 1. The number of carbonyl (C=O) groups excluding carboxylic acids is 2. The standard InChI is InChI=1S/C22H22N4O3/c1-29-18-9-5-6-15(12-18)22(28)25-11-10-16(14-25)20(27)19-13-24-26(21(19)23)17-7-3-2-4-8-17/h2-9,12-13,16H,10-11,14,23H2,1H3/t16-/m1/s1. The maximum atomic E-state index is 13.0. The molecule has 0 saturated carbocycles. The second kappa shape index (κ2) is 7.79. The number of rotatable bonds is 5. The second-order valence-electron chi connectivity index (χ2n) is 7.02. The Morgan fingerprint density at radius 3 is 2.69 bits per heavy atom. The van der Waals surface area contributed by atoms with Gasteiger partial charge in [0.15, 0.2) is 5.78 Å². The van der Waals surface area contributed by atoms with E-state index in [0.717, 1.165) is 5.69 Å². The number of para-hydroxylation sites is 1. The molecule has 1 atom stereocenters. The fourth-order valence-electron chi connectivity index (χ4n) is 3.64. The molecule has 1 aromatic heterocycles. The number of benzene rings is 2. The van der Waals surface area contributed by atoms with Crippen molar-refractivity contribution in [3.63, 3.8) is 0 Å². The molecule has 1 aliphatic rings. The molecule has 1 aliphatic heterocycles. The van der Waals surface area contributed by atoms with Crippen molar-refractivity contribution in [3.8, 4) is 11.4 Å². The molecule has 2 aromatic carbocycles. The minimum atomic E-state index is -0.291. The molecular formula is C22H22N4O3. The maximum Gasteiger partial charge on any atom is 0.254 e. The van der Waals surface area contributed by atoms with Crippen LogP contribution in [0.25, 0.3) is 5.69 Å². The van der Waals surface area contributed by atoms with Gasteiger partial charge in [-0.25, -0.2) is 4.68 Å². The van der Waals surface area contributed by atoms with Gasteiger partial charge in [-0.05, 0) is 36.8 Å². The molecule has 0 aliphatic carbocycles. The van der Waals surface area contributed by atoms with Crippen molar-refractivity contribution in [2.24, 2.45) is 5.92 Å². The van der Waals surface area contributed by atoms with Gasteiger partial charge in [-0.15, -0.1) is 0 Å². The quantitative estimate of drug-likeness (QED) is 0.677. The molecule has 3 aromatic rings. The van der Waals surface area contributed by atoms with E-state index >= 15 is 0 Å². The van der Waals surface area contributed by atoms with Crippen molar-refractivity contribution in [2.75, 3.05) is 25.9 Å². The third-order valence-electron chi connectivity index (χ3n) is 5.24. The minimum absolute atomic E-state index is 0.0781. The van der Waals surface area contributed by atoms with E-state index in [1.807, 2.05) is 30.3 Å². The topological polar surface area (TPSA) is 90.5 Å². The second-order valence-corrected chi connectivity index (χ2v) is 7.02. The van der Waals surface area contributed by atoms with Crippen LogP contribution in [-0.2, 0) is 0 Å². The number of hydrogen-bond donors (Lipinski definition) is 1. The molecular weight excluding hydrogens is 368 g/mol.